The Morgan fingerprint density at radius 1 is 1.61 bits per heavy atom. The van der Waals surface area contributed by atoms with Gasteiger partial charge in [0.1, 0.15) is 11.4 Å². The minimum absolute atomic E-state index is 0.0912. The molecule has 7 nitrogen and oxygen atoms in total. The van der Waals surface area contributed by atoms with Crippen LogP contribution in [0.3, 0.4) is 0 Å². The highest BCUT2D eigenvalue weighted by Gasteiger charge is 2.15. The maximum atomic E-state index is 11.0. The molecule has 0 unspecified atom stereocenters. The van der Waals surface area contributed by atoms with E-state index in [0.29, 0.717) is 24.6 Å². The Morgan fingerprint density at radius 3 is 3.06 bits per heavy atom. The number of fused-ring (bicyclic) bond motifs is 1. The summed E-state index contributed by atoms with van der Waals surface area (Å²) in [5.74, 6) is -0.340. The number of hydrogen-bond donors (Lipinski definition) is 2. The monoisotopic (exact) mass is 250 g/mol. The van der Waals surface area contributed by atoms with Gasteiger partial charge in [-0.05, 0) is 6.92 Å². The smallest absolute Gasteiger partial charge is 0.341 e. The molecule has 2 aromatic heterocycles. The van der Waals surface area contributed by atoms with Crippen LogP contribution in [-0.4, -0.2) is 45.9 Å². The number of ether oxygens (including phenoxy) is 1. The number of rotatable bonds is 5. The van der Waals surface area contributed by atoms with Crippen LogP contribution in [0.15, 0.2) is 12.3 Å². The van der Waals surface area contributed by atoms with Crippen LogP contribution in [0, 0.1) is 6.92 Å². The minimum Gasteiger partial charge on any atom is -0.477 e. The maximum Gasteiger partial charge on any atom is 0.341 e. The number of methoxy groups -OCH3 is 1. The molecule has 2 aromatic rings. The second-order valence-corrected chi connectivity index (χ2v) is 3.80. The van der Waals surface area contributed by atoms with Crippen molar-refractivity contribution in [3.05, 3.63) is 23.5 Å². The van der Waals surface area contributed by atoms with Crippen LogP contribution in [0.5, 0.6) is 0 Å². The largest absolute Gasteiger partial charge is 0.477 e. The van der Waals surface area contributed by atoms with E-state index in [0.717, 1.165) is 5.69 Å². The number of hydrogen-bond acceptors (Lipinski definition) is 5. The number of aromatic carboxylic acids is 1. The number of nitrogens with zero attached hydrogens (tertiary/aromatic N) is 3. The summed E-state index contributed by atoms with van der Waals surface area (Å²) in [6.07, 6.45) is 1.30. The normalized spacial score (nSPS) is 10.8. The molecule has 2 heterocycles. The van der Waals surface area contributed by atoms with Crippen molar-refractivity contribution in [1.29, 1.82) is 0 Å². The van der Waals surface area contributed by atoms with Crippen LogP contribution in [0.4, 0.5) is 5.82 Å². The lowest BCUT2D eigenvalue weighted by molar-refractivity contribution is 0.0699. The van der Waals surface area contributed by atoms with Gasteiger partial charge in [-0.3, -0.25) is 0 Å². The molecule has 0 aliphatic carbocycles. The van der Waals surface area contributed by atoms with Gasteiger partial charge in [0.15, 0.2) is 5.65 Å². The molecular formula is C11H14N4O3. The molecule has 0 spiro atoms. The Kier molecular flexibility index (Phi) is 3.42. The number of nitrogens with one attached hydrogen (secondary N) is 1. The topological polar surface area (TPSA) is 88.8 Å². The lowest BCUT2D eigenvalue weighted by Gasteiger charge is -2.08. The van der Waals surface area contributed by atoms with Crippen molar-refractivity contribution in [2.45, 2.75) is 6.92 Å². The Balaban J connectivity index is 2.43. The highest BCUT2D eigenvalue weighted by atomic mass is 16.5. The first-order chi connectivity index (χ1) is 8.63. The van der Waals surface area contributed by atoms with Gasteiger partial charge < -0.3 is 15.2 Å². The summed E-state index contributed by atoms with van der Waals surface area (Å²) >= 11 is 0. The van der Waals surface area contributed by atoms with E-state index in [9.17, 15) is 4.79 Å². The quantitative estimate of drug-likeness (QED) is 0.763. The third kappa shape index (κ3) is 2.25. The highest BCUT2D eigenvalue weighted by molar-refractivity contribution is 5.94. The predicted octanol–water partition coefficient (Wildman–Crippen LogP) is 0.794. The maximum absolute atomic E-state index is 11.0. The van der Waals surface area contributed by atoms with E-state index in [1.165, 1.54) is 10.7 Å². The molecule has 2 N–H and O–H groups in total. The number of carboxylic acid groups (broad SMARTS) is 1. The van der Waals surface area contributed by atoms with E-state index in [4.69, 9.17) is 9.84 Å². The molecule has 0 bridgehead atoms. The third-order valence-electron chi connectivity index (χ3n) is 2.44. The fraction of sp³-hybridized carbons (Fsp3) is 0.364. The standard InChI is InChI=1S/C11H14N4O3/c1-7-5-9(12-3-4-18-2)15-10(14-7)8(6-13-15)11(16)17/h5-6,12H,3-4H2,1-2H3,(H,16,17). The molecule has 96 valence electrons. The summed E-state index contributed by atoms with van der Waals surface area (Å²) in [5, 5.41) is 16.2. The molecule has 0 aliphatic rings. The molecule has 0 fully saturated rings. The first-order valence-electron chi connectivity index (χ1n) is 5.45. The summed E-state index contributed by atoms with van der Waals surface area (Å²) in [6, 6.07) is 1.81. The SMILES string of the molecule is COCCNc1cc(C)nc2c(C(=O)O)cnn12. The Morgan fingerprint density at radius 2 is 2.39 bits per heavy atom. The average Bonchev–Trinajstić information content (AvgIpc) is 2.72. The fourth-order valence-electron chi connectivity index (χ4n) is 1.64. The van der Waals surface area contributed by atoms with Gasteiger partial charge in [-0.2, -0.15) is 9.61 Å². The van der Waals surface area contributed by atoms with Crippen LogP contribution in [0.2, 0.25) is 0 Å². The van der Waals surface area contributed by atoms with Crippen LogP contribution in [0.1, 0.15) is 16.1 Å². The number of aryl methyl sites for hydroxylation is 1. The lowest BCUT2D eigenvalue weighted by Crippen LogP contribution is -2.12. The van der Waals surface area contributed by atoms with E-state index >= 15 is 0 Å². The zero-order chi connectivity index (χ0) is 13.1. The van der Waals surface area contributed by atoms with Crippen LogP contribution in [0.25, 0.3) is 5.65 Å². The summed E-state index contributed by atoms with van der Waals surface area (Å²) < 4.78 is 6.43. The number of carboxylic acids is 1. The fourth-order valence-corrected chi connectivity index (χ4v) is 1.64. The van der Waals surface area contributed by atoms with E-state index < -0.39 is 5.97 Å². The van der Waals surface area contributed by atoms with E-state index in [-0.39, 0.29) is 5.56 Å². The van der Waals surface area contributed by atoms with Crippen LogP contribution in [-0.2, 0) is 4.74 Å². The highest BCUT2D eigenvalue weighted by Crippen LogP contribution is 2.15. The van der Waals surface area contributed by atoms with Crippen LogP contribution >= 0.6 is 0 Å². The molecule has 2 rings (SSSR count). The molecule has 7 heteroatoms. The first-order valence-corrected chi connectivity index (χ1v) is 5.45. The summed E-state index contributed by atoms with van der Waals surface area (Å²) in [5.41, 5.74) is 1.15. The second-order valence-electron chi connectivity index (χ2n) is 3.80. The number of carbonyl (C=O) groups is 1. The zero-order valence-corrected chi connectivity index (χ0v) is 10.2. The Bertz CT molecular complexity index is 579. The van der Waals surface area contributed by atoms with Gasteiger partial charge in [0.05, 0.1) is 12.8 Å². The molecule has 0 saturated carbocycles. The van der Waals surface area contributed by atoms with Gasteiger partial charge in [-0.25, -0.2) is 9.78 Å². The van der Waals surface area contributed by atoms with E-state index in [1.54, 1.807) is 20.1 Å². The average molecular weight is 250 g/mol. The van der Waals surface area contributed by atoms with Crippen molar-refractivity contribution in [3.8, 4) is 0 Å². The Labute approximate surface area is 103 Å². The van der Waals surface area contributed by atoms with Gasteiger partial charge in [-0.1, -0.05) is 0 Å². The Hall–Kier alpha value is -2.15. The van der Waals surface area contributed by atoms with Crippen molar-refractivity contribution in [2.24, 2.45) is 0 Å². The molecular weight excluding hydrogens is 236 g/mol. The van der Waals surface area contributed by atoms with Crippen molar-refractivity contribution in [2.75, 3.05) is 25.6 Å². The number of aromatic nitrogens is 3. The third-order valence-corrected chi connectivity index (χ3v) is 2.44. The molecule has 0 amide bonds. The predicted molar refractivity (Wildman–Crippen MR) is 65.0 cm³/mol. The van der Waals surface area contributed by atoms with Crippen LogP contribution < -0.4 is 5.32 Å². The number of anilines is 1. The summed E-state index contributed by atoms with van der Waals surface area (Å²) in [7, 11) is 1.62. The molecule has 0 atom stereocenters. The first kappa shape index (κ1) is 12.3. The molecule has 0 radical (unpaired) electrons. The van der Waals surface area contributed by atoms with Crippen molar-refractivity contribution >= 4 is 17.4 Å². The molecule has 18 heavy (non-hydrogen) atoms. The molecule has 0 aromatic carbocycles. The van der Waals surface area contributed by atoms with Gasteiger partial charge in [-0.15, -0.1) is 0 Å². The van der Waals surface area contributed by atoms with E-state index in [1.807, 2.05) is 0 Å². The summed E-state index contributed by atoms with van der Waals surface area (Å²) in [4.78, 5) is 15.2. The van der Waals surface area contributed by atoms with E-state index in [2.05, 4.69) is 15.4 Å². The molecule has 0 saturated heterocycles. The van der Waals surface area contributed by atoms with Gasteiger partial charge >= 0.3 is 5.97 Å². The second kappa shape index (κ2) is 5.01. The van der Waals surface area contributed by atoms with Gasteiger partial charge in [0, 0.05) is 25.4 Å². The van der Waals surface area contributed by atoms with Gasteiger partial charge in [0.2, 0.25) is 0 Å². The van der Waals surface area contributed by atoms with Crippen molar-refractivity contribution < 1.29 is 14.6 Å². The molecule has 0 aliphatic heterocycles. The summed E-state index contributed by atoms with van der Waals surface area (Å²) in [6.45, 7) is 2.97. The minimum atomic E-state index is -1.04. The zero-order valence-electron chi connectivity index (χ0n) is 10.2. The lowest BCUT2D eigenvalue weighted by atomic mass is 10.3. The van der Waals surface area contributed by atoms with Crippen molar-refractivity contribution in [1.82, 2.24) is 14.6 Å². The van der Waals surface area contributed by atoms with Gasteiger partial charge in [0.25, 0.3) is 0 Å². The van der Waals surface area contributed by atoms with Crippen molar-refractivity contribution in [3.63, 3.8) is 0 Å².